The molecule has 0 unspecified atom stereocenters. The summed E-state index contributed by atoms with van der Waals surface area (Å²) in [4.78, 5) is 4.18. The Balaban J connectivity index is 0.00000196. The van der Waals surface area contributed by atoms with Crippen LogP contribution in [0, 0.1) is 0 Å². The monoisotopic (exact) mass is 228 g/mol. The molecule has 0 spiro atoms. The van der Waals surface area contributed by atoms with Crippen molar-refractivity contribution < 1.29 is 0 Å². The molecule has 0 saturated heterocycles. The van der Waals surface area contributed by atoms with Crippen LogP contribution in [0.2, 0.25) is 0 Å². The number of rotatable bonds is 3. The van der Waals surface area contributed by atoms with Gasteiger partial charge in [0.15, 0.2) is 0 Å². The van der Waals surface area contributed by atoms with Crippen LogP contribution < -0.4 is 17.2 Å². The zero-order valence-electron chi connectivity index (χ0n) is 8.73. The van der Waals surface area contributed by atoms with Gasteiger partial charge in [0.25, 0.3) is 0 Å². The summed E-state index contributed by atoms with van der Waals surface area (Å²) in [5.41, 5.74) is 18.9. The minimum atomic E-state index is 0. The molecule has 5 heteroatoms. The molecule has 1 rings (SSSR count). The molecule has 6 N–H and O–H groups in total. The van der Waals surface area contributed by atoms with E-state index in [1.807, 2.05) is 13.0 Å². The van der Waals surface area contributed by atoms with Crippen molar-refractivity contribution >= 4 is 29.6 Å². The van der Waals surface area contributed by atoms with Gasteiger partial charge in [-0.1, -0.05) is 6.92 Å². The lowest BCUT2D eigenvalue weighted by Gasteiger charge is -2.04. The first-order valence-corrected chi connectivity index (χ1v) is 4.60. The van der Waals surface area contributed by atoms with Crippen LogP contribution in [0.15, 0.2) is 23.2 Å². The number of nitrogens with two attached hydrogens (primary N) is 3. The molecule has 1 aromatic carbocycles. The maximum Gasteiger partial charge on any atom is 0.125 e. The highest BCUT2D eigenvalue weighted by atomic mass is 35.5. The standard InChI is InChI=1S/C10H16N4.ClH/c1-2-5-14-10(13)7-3-4-8(11)9(12)6-7;/h3-4,6H,2,5,11-12H2,1H3,(H2,13,14);1H. The Hall–Kier alpha value is -1.42. The van der Waals surface area contributed by atoms with E-state index >= 15 is 0 Å². The third-order valence-corrected chi connectivity index (χ3v) is 1.89. The van der Waals surface area contributed by atoms with Crippen molar-refractivity contribution in [2.75, 3.05) is 18.0 Å². The van der Waals surface area contributed by atoms with Gasteiger partial charge in [-0.15, -0.1) is 12.4 Å². The van der Waals surface area contributed by atoms with Gasteiger partial charge in [-0.3, -0.25) is 4.99 Å². The summed E-state index contributed by atoms with van der Waals surface area (Å²) >= 11 is 0. The number of nitrogens with zero attached hydrogens (tertiary/aromatic N) is 1. The lowest BCUT2D eigenvalue weighted by atomic mass is 10.1. The molecule has 0 aromatic heterocycles. The van der Waals surface area contributed by atoms with Gasteiger partial charge in [0.2, 0.25) is 0 Å². The number of benzene rings is 1. The van der Waals surface area contributed by atoms with Crippen LogP contribution >= 0.6 is 12.4 Å². The van der Waals surface area contributed by atoms with E-state index < -0.39 is 0 Å². The summed E-state index contributed by atoms with van der Waals surface area (Å²) in [7, 11) is 0. The smallest absolute Gasteiger partial charge is 0.125 e. The molecule has 0 amide bonds. The molecule has 0 aliphatic heterocycles. The van der Waals surface area contributed by atoms with E-state index in [1.54, 1.807) is 12.1 Å². The molecule has 0 fully saturated rings. The Kier molecular flexibility index (Phi) is 5.56. The fourth-order valence-electron chi connectivity index (χ4n) is 1.06. The second kappa shape index (κ2) is 6.14. The molecule has 84 valence electrons. The molecule has 15 heavy (non-hydrogen) atoms. The Bertz CT molecular complexity index is 349. The maximum atomic E-state index is 5.75. The van der Waals surface area contributed by atoms with Gasteiger partial charge in [0.1, 0.15) is 5.84 Å². The van der Waals surface area contributed by atoms with Gasteiger partial charge in [0.05, 0.1) is 11.4 Å². The van der Waals surface area contributed by atoms with Crippen LogP contribution in [0.25, 0.3) is 0 Å². The van der Waals surface area contributed by atoms with E-state index in [0.29, 0.717) is 17.2 Å². The molecule has 0 atom stereocenters. The third kappa shape index (κ3) is 3.67. The topological polar surface area (TPSA) is 90.4 Å². The van der Waals surface area contributed by atoms with Crippen molar-refractivity contribution in [1.82, 2.24) is 0 Å². The fraction of sp³-hybridized carbons (Fsp3) is 0.300. The summed E-state index contributed by atoms with van der Waals surface area (Å²) in [6, 6.07) is 5.29. The van der Waals surface area contributed by atoms with Crippen LogP contribution in [0.1, 0.15) is 18.9 Å². The molecule has 1 aromatic rings. The van der Waals surface area contributed by atoms with E-state index in [2.05, 4.69) is 4.99 Å². The summed E-state index contributed by atoms with van der Waals surface area (Å²) in [5, 5.41) is 0. The van der Waals surface area contributed by atoms with Gasteiger partial charge in [-0.05, 0) is 24.6 Å². The van der Waals surface area contributed by atoms with Crippen LogP contribution in [0.4, 0.5) is 11.4 Å². The molecule has 0 bridgehead atoms. The van der Waals surface area contributed by atoms with Crippen molar-refractivity contribution in [3.8, 4) is 0 Å². The highest BCUT2D eigenvalue weighted by Gasteiger charge is 2.00. The molecule has 0 radical (unpaired) electrons. The largest absolute Gasteiger partial charge is 0.397 e. The fourth-order valence-corrected chi connectivity index (χ4v) is 1.06. The minimum Gasteiger partial charge on any atom is -0.397 e. The maximum absolute atomic E-state index is 5.75. The summed E-state index contributed by atoms with van der Waals surface area (Å²) in [6.07, 6.45) is 0.977. The van der Waals surface area contributed by atoms with Crippen molar-refractivity contribution in [2.45, 2.75) is 13.3 Å². The highest BCUT2D eigenvalue weighted by molar-refractivity contribution is 5.98. The number of anilines is 2. The normalized spacial score (nSPS) is 10.9. The van der Waals surface area contributed by atoms with Gasteiger partial charge < -0.3 is 17.2 Å². The van der Waals surface area contributed by atoms with Crippen LogP contribution in [0.5, 0.6) is 0 Å². The Labute approximate surface area is 96.0 Å². The van der Waals surface area contributed by atoms with Crippen LogP contribution in [-0.2, 0) is 0 Å². The predicted octanol–water partition coefficient (Wildman–Crippen LogP) is 1.39. The van der Waals surface area contributed by atoms with Crippen LogP contribution in [-0.4, -0.2) is 12.4 Å². The zero-order chi connectivity index (χ0) is 10.6. The van der Waals surface area contributed by atoms with E-state index in [1.165, 1.54) is 0 Å². The third-order valence-electron chi connectivity index (χ3n) is 1.89. The summed E-state index contributed by atoms with van der Waals surface area (Å²) in [5.74, 6) is 0.513. The highest BCUT2D eigenvalue weighted by Crippen LogP contribution is 2.15. The molecule has 4 nitrogen and oxygen atoms in total. The van der Waals surface area contributed by atoms with E-state index in [4.69, 9.17) is 17.2 Å². The number of hydrogen-bond acceptors (Lipinski definition) is 3. The Morgan fingerprint density at radius 2 is 1.93 bits per heavy atom. The number of amidine groups is 1. The second-order valence-corrected chi connectivity index (χ2v) is 3.11. The minimum absolute atomic E-state index is 0. The van der Waals surface area contributed by atoms with Crippen LogP contribution in [0.3, 0.4) is 0 Å². The first-order valence-electron chi connectivity index (χ1n) is 4.60. The molecular formula is C10H17ClN4. The lowest BCUT2D eigenvalue weighted by molar-refractivity contribution is 0.930. The van der Waals surface area contributed by atoms with Crippen molar-refractivity contribution in [3.63, 3.8) is 0 Å². The van der Waals surface area contributed by atoms with Gasteiger partial charge in [0, 0.05) is 12.1 Å². The Morgan fingerprint density at radius 1 is 1.27 bits per heavy atom. The van der Waals surface area contributed by atoms with Crippen molar-refractivity contribution in [1.29, 1.82) is 0 Å². The average molecular weight is 229 g/mol. The van der Waals surface area contributed by atoms with Crippen molar-refractivity contribution in [3.05, 3.63) is 23.8 Å². The molecule has 0 aliphatic carbocycles. The van der Waals surface area contributed by atoms with E-state index in [-0.39, 0.29) is 12.4 Å². The van der Waals surface area contributed by atoms with E-state index in [0.717, 1.165) is 18.5 Å². The number of halogens is 1. The molecular weight excluding hydrogens is 212 g/mol. The number of hydrogen-bond donors (Lipinski definition) is 3. The predicted molar refractivity (Wildman–Crippen MR) is 68.4 cm³/mol. The van der Waals surface area contributed by atoms with Gasteiger partial charge >= 0.3 is 0 Å². The number of aliphatic imine (C=N–C) groups is 1. The lowest BCUT2D eigenvalue weighted by Crippen LogP contribution is -2.14. The van der Waals surface area contributed by atoms with Crippen molar-refractivity contribution in [2.24, 2.45) is 10.7 Å². The zero-order valence-corrected chi connectivity index (χ0v) is 9.55. The number of nitrogen functional groups attached to an aromatic ring is 2. The first-order chi connectivity index (χ1) is 6.65. The van der Waals surface area contributed by atoms with Gasteiger partial charge in [-0.2, -0.15) is 0 Å². The second-order valence-electron chi connectivity index (χ2n) is 3.11. The first kappa shape index (κ1) is 13.6. The molecule has 0 saturated carbocycles. The van der Waals surface area contributed by atoms with Gasteiger partial charge in [-0.25, -0.2) is 0 Å². The molecule has 0 heterocycles. The summed E-state index contributed by atoms with van der Waals surface area (Å²) in [6.45, 7) is 2.78. The molecule has 0 aliphatic rings. The average Bonchev–Trinajstić information content (AvgIpc) is 2.18. The van der Waals surface area contributed by atoms with E-state index in [9.17, 15) is 0 Å². The SMILES string of the molecule is CCCN=C(N)c1ccc(N)c(N)c1.Cl. The quantitative estimate of drug-likeness (QED) is 0.415. The Morgan fingerprint density at radius 3 is 2.47 bits per heavy atom. The summed E-state index contributed by atoms with van der Waals surface area (Å²) < 4.78 is 0.